The average molecular weight is 479 g/mol. The molecule has 0 aliphatic rings. The lowest BCUT2D eigenvalue weighted by Gasteiger charge is -2.08. The first kappa shape index (κ1) is 23.2. The van der Waals surface area contributed by atoms with Gasteiger partial charge in [-0.3, -0.25) is 4.79 Å². The molecular weight excluding hydrogens is 452 g/mol. The average Bonchev–Trinajstić information content (AvgIpc) is 3.36. The minimum atomic E-state index is -0.232. The Kier molecular flexibility index (Phi) is 7.59. The monoisotopic (exact) mass is 478 g/mol. The number of carbonyl (C=O) groups is 1. The summed E-state index contributed by atoms with van der Waals surface area (Å²) in [5, 5.41) is 4.15. The number of aryl methyl sites for hydroxylation is 1. The van der Waals surface area contributed by atoms with E-state index in [1.54, 1.807) is 36.4 Å². The van der Waals surface area contributed by atoms with Crippen LogP contribution >= 0.6 is 23.1 Å². The van der Waals surface area contributed by atoms with Crippen LogP contribution in [0.2, 0.25) is 0 Å². The molecule has 1 amide bonds. The molecule has 2 aromatic heterocycles. The largest absolute Gasteiger partial charge is 0.383 e. The molecule has 4 rings (SSSR count). The van der Waals surface area contributed by atoms with Crippen molar-refractivity contribution >= 4 is 45.4 Å². The summed E-state index contributed by atoms with van der Waals surface area (Å²) >= 11 is 3.41. The number of amides is 1. The second-order valence-corrected chi connectivity index (χ2v) is 9.86. The van der Waals surface area contributed by atoms with E-state index in [-0.39, 0.29) is 5.91 Å². The van der Waals surface area contributed by atoms with E-state index in [0.29, 0.717) is 12.2 Å². The third kappa shape index (κ3) is 5.71. The van der Waals surface area contributed by atoms with Gasteiger partial charge in [-0.05, 0) is 49.7 Å². The predicted molar refractivity (Wildman–Crippen MR) is 136 cm³/mol. The number of fused-ring (bicyclic) bond motifs is 1. The number of methoxy groups -OCH3 is 1. The second-order valence-electron chi connectivity index (χ2n) is 7.60. The van der Waals surface area contributed by atoms with Crippen molar-refractivity contribution in [3.63, 3.8) is 0 Å². The van der Waals surface area contributed by atoms with Crippen molar-refractivity contribution in [1.29, 1.82) is 0 Å². The number of hydrogen-bond donors (Lipinski definition) is 1. The normalized spacial score (nSPS) is 11.5. The molecule has 0 aliphatic carbocycles. The third-order valence-electron chi connectivity index (χ3n) is 5.35. The molecule has 0 fully saturated rings. The van der Waals surface area contributed by atoms with Gasteiger partial charge in [0.2, 0.25) is 0 Å². The number of para-hydroxylation sites is 1. The van der Waals surface area contributed by atoms with Gasteiger partial charge in [0.15, 0.2) is 4.34 Å². The number of thiazole rings is 1. The Balaban J connectivity index is 1.32. The topological polar surface area (TPSA) is 68.5 Å². The van der Waals surface area contributed by atoms with Crippen molar-refractivity contribution in [2.24, 2.45) is 5.10 Å². The highest BCUT2D eigenvalue weighted by atomic mass is 32.2. The van der Waals surface area contributed by atoms with Crippen LogP contribution in [0.25, 0.3) is 10.2 Å². The Morgan fingerprint density at radius 3 is 2.76 bits per heavy atom. The molecule has 2 heterocycles. The minimum Gasteiger partial charge on any atom is -0.383 e. The summed E-state index contributed by atoms with van der Waals surface area (Å²) in [5.74, 6) is 0.572. The number of ether oxygens (including phenoxy) is 1. The van der Waals surface area contributed by atoms with Crippen LogP contribution in [-0.4, -0.2) is 35.4 Å². The van der Waals surface area contributed by atoms with Crippen molar-refractivity contribution < 1.29 is 9.53 Å². The summed E-state index contributed by atoms with van der Waals surface area (Å²) in [6, 6.07) is 17.8. The Morgan fingerprint density at radius 2 is 2.00 bits per heavy atom. The number of hydrazone groups is 1. The van der Waals surface area contributed by atoms with Crippen molar-refractivity contribution in [3.8, 4) is 0 Å². The zero-order valence-corrected chi connectivity index (χ0v) is 20.5. The second kappa shape index (κ2) is 10.8. The highest BCUT2D eigenvalue weighted by Gasteiger charge is 2.09. The number of hydrogen-bond acceptors (Lipinski definition) is 6. The van der Waals surface area contributed by atoms with Gasteiger partial charge in [-0.15, -0.1) is 11.3 Å². The van der Waals surface area contributed by atoms with Gasteiger partial charge in [-0.1, -0.05) is 36.0 Å². The maximum Gasteiger partial charge on any atom is 0.271 e. The molecule has 0 saturated carbocycles. The van der Waals surface area contributed by atoms with Gasteiger partial charge in [0.25, 0.3) is 5.91 Å². The Bertz CT molecular complexity index is 1240. The maximum atomic E-state index is 12.5. The summed E-state index contributed by atoms with van der Waals surface area (Å²) in [6.45, 7) is 5.53. The number of rotatable bonds is 9. The molecule has 1 N–H and O–H groups in total. The van der Waals surface area contributed by atoms with Crippen LogP contribution in [0, 0.1) is 13.8 Å². The Morgan fingerprint density at radius 1 is 1.21 bits per heavy atom. The van der Waals surface area contributed by atoms with Crippen LogP contribution in [0.5, 0.6) is 0 Å². The van der Waals surface area contributed by atoms with Gasteiger partial charge in [0, 0.05) is 41.9 Å². The van der Waals surface area contributed by atoms with E-state index in [1.807, 2.05) is 49.4 Å². The first-order chi connectivity index (χ1) is 16.0. The lowest BCUT2D eigenvalue weighted by molar-refractivity contribution is 0.0955. The standard InChI is InChI=1S/C25H26N4O2S2/c1-17-14-21(18(2)29(17)12-13-31-3)15-26-28-24(30)20-10-8-19(9-11-20)16-32-25-27-22-6-4-5-7-23(22)33-25/h4-11,14-15H,12-13,16H2,1-3H3,(H,28,30). The summed E-state index contributed by atoms with van der Waals surface area (Å²) in [4.78, 5) is 17.1. The van der Waals surface area contributed by atoms with E-state index in [0.717, 1.165) is 44.7 Å². The molecule has 170 valence electrons. The number of nitrogens with one attached hydrogen (secondary N) is 1. The van der Waals surface area contributed by atoms with Gasteiger partial charge in [0.1, 0.15) is 0 Å². The van der Waals surface area contributed by atoms with Crippen LogP contribution in [0.1, 0.15) is 32.9 Å². The first-order valence-electron chi connectivity index (χ1n) is 10.6. The van der Waals surface area contributed by atoms with Crippen molar-refractivity contribution in [3.05, 3.63) is 82.7 Å². The van der Waals surface area contributed by atoms with E-state index in [1.165, 1.54) is 4.70 Å². The molecule has 33 heavy (non-hydrogen) atoms. The van der Waals surface area contributed by atoms with Crippen LogP contribution in [-0.2, 0) is 17.0 Å². The quantitative estimate of drug-likeness (QED) is 0.198. The van der Waals surface area contributed by atoms with Crippen molar-refractivity contribution in [2.45, 2.75) is 30.5 Å². The molecule has 0 unspecified atom stereocenters. The van der Waals surface area contributed by atoms with Crippen molar-refractivity contribution in [1.82, 2.24) is 15.0 Å². The molecule has 0 bridgehead atoms. The van der Waals surface area contributed by atoms with Crippen LogP contribution in [0.4, 0.5) is 0 Å². The number of aromatic nitrogens is 2. The predicted octanol–water partition coefficient (Wildman–Crippen LogP) is 5.42. The smallest absolute Gasteiger partial charge is 0.271 e. The van der Waals surface area contributed by atoms with E-state index >= 15 is 0 Å². The number of benzene rings is 2. The van der Waals surface area contributed by atoms with Crippen LogP contribution in [0.15, 0.2) is 64.0 Å². The summed E-state index contributed by atoms with van der Waals surface area (Å²) in [7, 11) is 1.69. The molecule has 2 aromatic carbocycles. The summed E-state index contributed by atoms with van der Waals surface area (Å²) in [5.41, 5.74) is 8.58. The van der Waals surface area contributed by atoms with Gasteiger partial charge in [-0.2, -0.15) is 5.10 Å². The minimum absolute atomic E-state index is 0.232. The first-order valence-corrected chi connectivity index (χ1v) is 12.4. The van der Waals surface area contributed by atoms with Crippen LogP contribution in [0.3, 0.4) is 0 Å². The maximum absolute atomic E-state index is 12.5. The molecule has 0 saturated heterocycles. The SMILES string of the molecule is COCCn1c(C)cc(C=NNC(=O)c2ccc(CSc3nc4ccccc4s3)cc2)c1C. The van der Waals surface area contributed by atoms with Gasteiger partial charge in [0.05, 0.1) is 23.0 Å². The van der Waals surface area contributed by atoms with Gasteiger partial charge < -0.3 is 9.30 Å². The molecule has 8 heteroatoms. The van der Waals surface area contributed by atoms with Gasteiger partial charge in [-0.25, -0.2) is 10.4 Å². The van der Waals surface area contributed by atoms with E-state index < -0.39 is 0 Å². The summed E-state index contributed by atoms with van der Waals surface area (Å²) in [6.07, 6.45) is 1.69. The third-order valence-corrected chi connectivity index (χ3v) is 7.60. The Labute approximate surface area is 201 Å². The molecule has 0 radical (unpaired) electrons. The number of thioether (sulfide) groups is 1. The zero-order chi connectivity index (χ0) is 23.2. The molecule has 4 aromatic rings. The fraction of sp³-hybridized carbons (Fsp3) is 0.240. The number of nitrogens with zero attached hydrogens (tertiary/aromatic N) is 3. The van der Waals surface area contributed by atoms with E-state index in [9.17, 15) is 4.79 Å². The lowest BCUT2D eigenvalue weighted by atomic mass is 10.1. The van der Waals surface area contributed by atoms with Gasteiger partial charge >= 0.3 is 0 Å². The van der Waals surface area contributed by atoms with Crippen molar-refractivity contribution in [2.75, 3.05) is 13.7 Å². The number of carbonyl (C=O) groups excluding carboxylic acids is 1. The lowest BCUT2D eigenvalue weighted by Crippen LogP contribution is -2.17. The molecule has 6 nitrogen and oxygen atoms in total. The van der Waals surface area contributed by atoms with E-state index in [4.69, 9.17) is 4.74 Å². The molecule has 0 atom stereocenters. The highest BCUT2D eigenvalue weighted by Crippen LogP contribution is 2.31. The molecular formula is C25H26N4O2S2. The summed E-state index contributed by atoms with van der Waals surface area (Å²) < 4.78 is 9.60. The fourth-order valence-corrected chi connectivity index (χ4v) is 5.54. The van der Waals surface area contributed by atoms with Crippen LogP contribution < -0.4 is 5.43 Å². The zero-order valence-electron chi connectivity index (χ0n) is 18.9. The Hall–Kier alpha value is -2.94. The molecule has 0 spiro atoms. The highest BCUT2D eigenvalue weighted by molar-refractivity contribution is 8.00. The van der Waals surface area contributed by atoms with E-state index in [2.05, 4.69) is 39.1 Å². The molecule has 0 aliphatic heterocycles. The fourth-order valence-electron chi connectivity index (χ4n) is 3.52.